The number of methoxy groups -OCH3 is 2. The van der Waals surface area contributed by atoms with Gasteiger partial charge in [-0.25, -0.2) is 0 Å². The highest BCUT2D eigenvalue weighted by atomic mass is 131. The summed E-state index contributed by atoms with van der Waals surface area (Å²) >= 11 is 2.19. The van der Waals surface area contributed by atoms with Gasteiger partial charge in [-0.3, -0.25) is 14.5 Å². The zero-order valence-electron chi connectivity index (χ0n) is 13.3. The average molecular weight is 441 g/mol. The highest BCUT2D eigenvalue weighted by Gasteiger charge is 2.34. The topological polar surface area (TPSA) is 55.8 Å². The van der Waals surface area contributed by atoms with Crippen LogP contribution in [-0.2, 0) is 6.42 Å². The summed E-state index contributed by atoms with van der Waals surface area (Å²) in [6, 6.07) is 10.7. The van der Waals surface area contributed by atoms with E-state index in [1.165, 1.54) is 4.90 Å². The number of benzene rings is 2. The van der Waals surface area contributed by atoms with Crippen molar-refractivity contribution in [2.45, 2.75) is 6.42 Å². The van der Waals surface area contributed by atoms with Crippen molar-refractivity contribution in [1.29, 1.82) is 0 Å². The maximum Gasteiger partial charge on any atom is 0.261 e. The molecule has 0 saturated heterocycles. The molecule has 124 valence electrons. The molecular formula is C18H16INO4. The molecule has 2 aromatic carbocycles. The lowest BCUT2D eigenvalue weighted by atomic mass is 10.1. The lowest BCUT2D eigenvalue weighted by molar-refractivity contribution is 0.0656. The van der Waals surface area contributed by atoms with Gasteiger partial charge in [-0.05, 0) is 52.8 Å². The van der Waals surface area contributed by atoms with Crippen LogP contribution in [0.5, 0.6) is 11.5 Å². The number of ether oxygens (including phenoxy) is 2. The van der Waals surface area contributed by atoms with Gasteiger partial charge in [-0.15, -0.1) is 0 Å². The van der Waals surface area contributed by atoms with E-state index in [0.717, 1.165) is 9.13 Å². The monoisotopic (exact) mass is 441 g/mol. The highest BCUT2D eigenvalue weighted by molar-refractivity contribution is 14.1. The van der Waals surface area contributed by atoms with Crippen LogP contribution in [0, 0.1) is 3.57 Å². The van der Waals surface area contributed by atoms with Gasteiger partial charge in [-0.1, -0.05) is 18.2 Å². The van der Waals surface area contributed by atoms with E-state index in [0.29, 0.717) is 35.6 Å². The van der Waals surface area contributed by atoms with E-state index >= 15 is 0 Å². The third kappa shape index (κ3) is 2.75. The molecule has 0 unspecified atom stereocenters. The lowest BCUT2D eigenvalue weighted by Crippen LogP contribution is -2.31. The molecule has 6 heteroatoms. The first-order valence-electron chi connectivity index (χ1n) is 7.43. The predicted molar refractivity (Wildman–Crippen MR) is 97.8 cm³/mol. The fraction of sp³-hybridized carbons (Fsp3) is 0.222. The van der Waals surface area contributed by atoms with Crippen LogP contribution < -0.4 is 9.47 Å². The number of fused-ring (bicyclic) bond motifs is 1. The molecule has 0 bridgehead atoms. The van der Waals surface area contributed by atoms with Gasteiger partial charge < -0.3 is 9.47 Å². The molecule has 1 aliphatic rings. The van der Waals surface area contributed by atoms with Crippen molar-refractivity contribution in [3.05, 3.63) is 56.7 Å². The van der Waals surface area contributed by atoms with E-state index in [1.807, 2.05) is 12.1 Å². The summed E-state index contributed by atoms with van der Waals surface area (Å²) in [6.07, 6.45) is 0.560. The van der Waals surface area contributed by atoms with Crippen LogP contribution in [-0.4, -0.2) is 37.5 Å². The molecule has 0 atom stereocenters. The van der Waals surface area contributed by atoms with E-state index in [1.54, 1.807) is 38.5 Å². The highest BCUT2D eigenvalue weighted by Crippen LogP contribution is 2.35. The van der Waals surface area contributed by atoms with Crippen LogP contribution in [0.2, 0.25) is 0 Å². The van der Waals surface area contributed by atoms with Gasteiger partial charge in [0.2, 0.25) is 0 Å². The number of rotatable bonds is 5. The van der Waals surface area contributed by atoms with Crippen molar-refractivity contribution in [2.75, 3.05) is 20.8 Å². The van der Waals surface area contributed by atoms with Gasteiger partial charge in [0.1, 0.15) is 0 Å². The summed E-state index contributed by atoms with van der Waals surface area (Å²) in [6.45, 7) is 0.331. The normalized spacial score (nSPS) is 13.2. The van der Waals surface area contributed by atoms with Gasteiger partial charge in [0, 0.05) is 6.54 Å². The number of hydrogen-bond donors (Lipinski definition) is 0. The molecule has 5 nitrogen and oxygen atoms in total. The Balaban J connectivity index is 1.80. The molecule has 24 heavy (non-hydrogen) atoms. The van der Waals surface area contributed by atoms with Gasteiger partial charge in [0.05, 0.1) is 28.9 Å². The van der Waals surface area contributed by atoms with Crippen molar-refractivity contribution in [3.8, 4) is 11.5 Å². The quantitative estimate of drug-likeness (QED) is 0.529. The summed E-state index contributed by atoms with van der Waals surface area (Å²) in [5.74, 6) is 0.863. The summed E-state index contributed by atoms with van der Waals surface area (Å²) in [7, 11) is 3.18. The first-order chi connectivity index (χ1) is 11.6. The van der Waals surface area contributed by atoms with Crippen molar-refractivity contribution < 1.29 is 19.1 Å². The molecule has 0 aliphatic carbocycles. The number of nitrogens with zero attached hydrogens (tertiary/aromatic N) is 1. The Labute approximate surface area is 153 Å². The number of amides is 2. The molecule has 3 rings (SSSR count). The van der Waals surface area contributed by atoms with Crippen LogP contribution in [0.3, 0.4) is 0 Å². The second-order valence-electron chi connectivity index (χ2n) is 5.33. The maximum atomic E-state index is 12.4. The molecule has 2 aromatic rings. The molecule has 0 radical (unpaired) electrons. The molecule has 0 fully saturated rings. The van der Waals surface area contributed by atoms with Crippen molar-refractivity contribution in [2.24, 2.45) is 0 Å². The molecule has 0 spiro atoms. The van der Waals surface area contributed by atoms with Gasteiger partial charge in [0.15, 0.2) is 11.5 Å². The molecule has 0 N–H and O–H groups in total. The second kappa shape index (κ2) is 6.80. The summed E-state index contributed by atoms with van der Waals surface area (Å²) in [4.78, 5) is 26.1. The zero-order chi connectivity index (χ0) is 17.3. The largest absolute Gasteiger partial charge is 0.493 e. The fourth-order valence-electron chi connectivity index (χ4n) is 2.80. The minimum Gasteiger partial charge on any atom is -0.493 e. The Kier molecular flexibility index (Phi) is 4.75. The summed E-state index contributed by atoms with van der Waals surface area (Å²) in [5, 5.41) is 0. The van der Waals surface area contributed by atoms with Crippen LogP contribution in [0.15, 0.2) is 36.4 Å². The standard InChI is InChI=1S/C18H16INO4/c1-23-14-8-7-11(15(19)16(14)24-2)9-10-20-17(21)12-5-3-4-6-13(12)18(20)22/h3-8H,9-10H2,1-2H3/i19+4. The lowest BCUT2D eigenvalue weighted by Gasteiger charge is -2.16. The van der Waals surface area contributed by atoms with Crippen molar-refractivity contribution >= 4 is 34.4 Å². The fourth-order valence-corrected chi connectivity index (χ4v) is 3.73. The number of carbonyl (C=O) groups excluding carboxylic acids is 2. The predicted octanol–water partition coefficient (Wildman–Crippen LogP) is 3.15. The number of carbonyl (C=O) groups is 2. The third-order valence-electron chi connectivity index (χ3n) is 4.05. The smallest absolute Gasteiger partial charge is 0.261 e. The Morgan fingerprint density at radius 3 is 2.12 bits per heavy atom. The molecule has 0 aromatic heterocycles. The molecule has 0 saturated carbocycles. The van der Waals surface area contributed by atoms with E-state index in [2.05, 4.69) is 22.6 Å². The van der Waals surface area contributed by atoms with Crippen LogP contribution in [0.25, 0.3) is 0 Å². The minimum atomic E-state index is -0.230. The van der Waals surface area contributed by atoms with Crippen molar-refractivity contribution in [1.82, 2.24) is 4.90 Å². The zero-order valence-corrected chi connectivity index (χ0v) is 15.5. The van der Waals surface area contributed by atoms with Crippen LogP contribution in [0.1, 0.15) is 26.3 Å². The van der Waals surface area contributed by atoms with Crippen LogP contribution >= 0.6 is 22.6 Å². The average Bonchev–Trinajstić information content (AvgIpc) is 2.85. The van der Waals surface area contributed by atoms with Crippen molar-refractivity contribution in [3.63, 3.8) is 0 Å². The van der Waals surface area contributed by atoms with E-state index in [9.17, 15) is 9.59 Å². The van der Waals surface area contributed by atoms with Gasteiger partial charge >= 0.3 is 0 Å². The van der Waals surface area contributed by atoms with E-state index in [4.69, 9.17) is 9.47 Å². The van der Waals surface area contributed by atoms with Gasteiger partial charge in [-0.2, -0.15) is 0 Å². The molecule has 1 aliphatic heterocycles. The number of halogens is 1. The number of hydrogen-bond acceptors (Lipinski definition) is 4. The Morgan fingerprint density at radius 2 is 1.58 bits per heavy atom. The first-order valence-corrected chi connectivity index (χ1v) is 8.51. The Morgan fingerprint density at radius 1 is 0.958 bits per heavy atom. The second-order valence-corrected chi connectivity index (χ2v) is 6.41. The maximum absolute atomic E-state index is 12.4. The summed E-state index contributed by atoms with van der Waals surface area (Å²) in [5.41, 5.74) is 1.96. The Hall–Kier alpha value is -2.09. The molecule has 2 amide bonds. The SMILES string of the molecule is COc1ccc(CCN2C(=O)c3ccccc3C2=O)c([131I])c1OC. The molecule has 1 heterocycles. The third-order valence-corrected chi connectivity index (χ3v) is 5.23. The van der Waals surface area contributed by atoms with E-state index in [-0.39, 0.29) is 11.8 Å². The molecular weight excluding hydrogens is 425 g/mol. The van der Waals surface area contributed by atoms with E-state index < -0.39 is 0 Å². The van der Waals surface area contributed by atoms with Gasteiger partial charge in [0.25, 0.3) is 11.8 Å². The Bertz CT molecular complexity index is 784. The first kappa shape index (κ1) is 16.8. The minimum absolute atomic E-state index is 0.230. The summed E-state index contributed by atoms with van der Waals surface area (Å²) < 4.78 is 11.6. The van der Waals surface area contributed by atoms with Crippen LogP contribution in [0.4, 0.5) is 0 Å². The number of imide groups is 1.